The van der Waals surface area contributed by atoms with Crippen molar-refractivity contribution in [2.24, 2.45) is 11.8 Å². The van der Waals surface area contributed by atoms with Crippen LogP contribution in [0.15, 0.2) is 48.5 Å². The maximum atomic E-state index is 12.9. The van der Waals surface area contributed by atoms with Crippen LogP contribution in [0, 0.1) is 23.5 Å². The van der Waals surface area contributed by atoms with Crippen LogP contribution in [0.3, 0.4) is 0 Å². The van der Waals surface area contributed by atoms with Crippen LogP contribution in [0.5, 0.6) is 0 Å². The first-order chi connectivity index (χ1) is 14.0. The van der Waals surface area contributed by atoms with Crippen LogP contribution in [-0.2, 0) is 22.4 Å². The van der Waals surface area contributed by atoms with Gasteiger partial charge in [-0.15, -0.1) is 12.4 Å². The fourth-order valence-corrected chi connectivity index (χ4v) is 3.45. The van der Waals surface area contributed by atoms with Crippen molar-refractivity contribution in [2.45, 2.75) is 12.8 Å². The normalized spacial score (nSPS) is 17.8. The third-order valence-electron chi connectivity index (χ3n) is 5.14. The predicted molar refractivity (Wildman–Crippen MR) is 113 cm³/mol. The van der Waals surface area contributed by atoms with Crippen LogP contribution in [0.4, 0.5) is 8.78 Å². The molecule has 2 amide bonds. The Morgan fingerprint density at radius 2 is 1.13 bits per heavy atom. The molecule has 8 heteroatoms. The third kappa shape index (κ3) is 6.78. The van der Waals surface area contributed by atoms with Crippen molar-refractivity contribution in [1.29, 1.82) is 0 Å². The Hall–Kier alpha value is -2.51. The van der Waals surface area contributed by atoms with Crippen molar-refractivity contribution in [3.05, 3.63) is 71.3 Å². The summed E-state index contributed by atoms with van der Waals surface area (Å²) >= 11 is 0. The number of hydrogen-bond acceptors (Lipinski definition) is 3. The average Bonchev–Trinajstić information content (AvgIpc) is 3.21. The molecule has 5 nitrogen and oxygen atoms in total. The van der Waals surface area contributed by atoms with Crippen molar-refractivity contribution in [3.63, 3.8) is 0 Å². The molecule has 3 N–H and O–H groups in total. The Kier molecular flexibility index (Phi) is 9.20. The smallest absolute Gasteiger partial charge is 0.225 e. The summed E-state index contributed by atoms with van der Waals surface area (Å²) in [6, 6.07) is 12.3. The molecule has 2 unspecified atom stereocenters. The van der Waals surface area contributed by atoms with Gasteiger partial charge < -0.3 is 16.0 Å². The first-order valence-electron chi connectivity index (χ1n) is 9.78. The summed E-state index contributed by atoms with van der Waals surface area (Å²) in [5.41, 5.74) is 1.87. The van der Waals surface area contributed by atoms with Gasteiger partial charge in [-0.05, 0) is 48.2 Å². The van der Waals surface area contributed by atoms with Gasteiger partial charge >= 0.3 is 0 Å². The van der Waals surface area contributed by atoms with Crippen LogP contribution in [0.1, 0.15) is 11.1 Å². The van der Waals surface area contributed by atoms with E-state index >= 15 is 0 Å². The van der Waals surface area contributed by atoms with Gasteiger partial charge in [0.2, 0.25) is 11.8 Å². The molecule has 2 aromatic carbocycles. The number of benzene rings is 2. The van der Waals surface area contributed by atoms with Gasteiger partial charge in [-0.25, -0.2) is 8.78 Å². The summed E-state index contributed by atoms with van der Waals surface area (Å²) in [5.74, 6) is -1.74. The van der Waals surface area contributed by atoms with E-state index in [0.717, 1.165) is 11.1 Å². The molecule has 1 heterocycles. The monoisotopic (exact) mass is 437 g/mol. The number of carbonyl (C=O) groups excluding carboxylic acids is 2. The SMILES string of the molecule is Cl.O=C(NCCc1ccc(F)cc1)C1CNCC1C(=O)NCCc1ccc(F)cc1. The Balaban J connectivity index is 0.00000320. The molecule has 3 rings (SSSR count). The molecule has 0 aromatic heterocycles. The number of rotatable bonds is 8. The second kappa shape index (κ2) is 11.6. The van der Waals surface area contributed by atoms with Gasteiger partial charge in [0, 0.05) is 26.2 Å². The molecule has 1 saturated heterocycles. The summed E-state index contributed by atoms with van der Waals surface area (Å²) in [6.45, 7) is 1.77. The van der Waals surface area contributed by atoms with Gasteiger partial charge in [0.25, 0.3) is 0 Å². The molecular weight excluding hydrogens is 412 g/mol. The van der Waals surface area contributed by atoms with E-state index in [4.69, 9.17) is 0 Å². The molecule has 0 aliphatic carbocycles. The second-order valence-corrected chi connectivity index (χ2v) is 7.21. The first kappa shape index (κ1) is 23.8. The minimum Gasteiger partial charge on any atom is -0.355 e. The lowest BCUT2D eigenvalue weighted by molar-refractivity contribution is -0.132. The molecule has 1 fully saturated rings. The van der Waals surface area contributed by atoms with Crippen LogP contribution in [0.25, 0.3) is 0 Å². The Morgan fingerprint density at radius 1 is 0.767 bits per heavy atom. The van der Waals surface area contributed by atoms with E-state index in [0.29, 0.717) is 39.0 Å². The first-order valence-corrected chi connectivity index (χ1v) is 9.78. The fraction of sp³-hybridized carbons (Fsp3) is 0.364. The summed E-state index contributed by atoms with van der Waals surface area (Å²) in [4.78, 5) is 25.0. The lowest BCUT2D eigenvalue weighted by atomic mass is 9.94. The van der Waals surface area contributed by atoms with E-state index in [2.05, 4.69) is 16.0 Å². The van der Waals surface area contributed by atoms with Crippen molar-refractivity contribution < 1.29 is 18.4 Å². The van der Waals surface area contributed by atoms with E-state index in [1.807, 2.05) is 0 Å². The zero-order valence-electron chi connectivity index (χ0n) is 16.5. The highest BCUT2D eigenvalue weighted by Crippen LogP contribution is 2.17. The summed E-state index contributed by atoms with van der Waals surface area (Å²) in [6.07, 6.45) is 1.20. The fourth-order valence-electron chi connectivity index (χ4n) is 3.45. The van der Waals surface area contributed by atoms with E-state index < -0.39 is 11.8 Å². The maximum absolute atomic E-state index is 12.9. The topological polar surface area (TPSA) is 70.2 Å². The van der Waals surface area contributed by atoms with Gasteiger partial charge in [-0.1, -0.05) is 24.3 Å². The average molecular weight is 438 g/mol. The highest BCUT2D eigenvalue weighted by atomic mass is 35.5. The molecule has 0 saturated carbocycles. The number of carbonyl (C=O) groups is 2. The second-order valence-electron chi connectivity index (χ2n) is 7.21. The largest absolute Gasteiger partial charge is 0.355 e. The van der Waals surface area contributed by atoms with Crippen LogP contribution < -0.4 is 16.0 Å². The van der Waals surface area contributed by atoms with Crippen molar-refractivity contribution in [2.75, 3.05) is 26.2 Å². The van der Waals surface area contributed by atoms with E-state index in [9.17, 15) is 18.4 Å². The molecule has 0 bridgehead atoms. The molecular formula is C22H26ClF2N3O2. The minimum absolute atomic E-state index is 0. The molecule has 30 heavy (non-hydrogen) atoms. The molecule has 1 aliphatic heterocycles. The van der Waals surface area contributed by atoms with Crippen LogP contribution in [0.2, 0.25) is 0 Å². The molecule has 1 aliphatic rings. The minimum atomic E-state index is -0.422. The van der Waals surface area contributed by atoms with Gasteiger partial charge in [0.1, 0.15) is 11.6 Å². The molecule has 162 valence electrons. The van der Waals surface area contributed by atoms with E-state index in [1.165, 1.54) is 24.3 Å². The van der Waals surface area contributed by atoms with Gasteiger partial charge in [-0.2, -0.15) is 0 Å². The standard InChI is InChI=1S/C22H25F2N3O2.ClH/c23-17-5-1-15(2-6-17)9-11-26-21(28)19-13-25-14-20(19)22(29)27-12-10-16-3-7-18(24)8-4-16;/h1-8,19-20,25H,9-14H2,(H,26,28)(H,27,29);1H. The zero-order valence-corrected chi connectivity index (χ0v) is 17.3. The number of halogens is 3. The molecule has 0 radical (unpaired) electrons. The van der Waals surface area contributed by atoms with Gasteiger partial charge in [0.15, 0.2) is 0 Å². The Bertz CT molecular complexity index is 762. The number of hydrogen-bond donors (Lipinski definition) is 3. The molecule has 2 atom stereocenters. The van der Waals surface area contributed by atoms with Gasteiger partial charge in [-0.3, -0.25) is 9.59 Å². The highest BCUT2D eigenvalue weighted by Gasteiger charge is 2.37. The van der Waals surface area contributed by atoms with Gasteiger partial charge in [0.05, 0.1) is 11.8 Å². The maximum Gasteiger partial charge on any atom is 0.225 e. The molecule has 0 spiro atoms. The van der Waals surface area contributed by atoms with Crippen LogP contribution in [-0.4, -0.2) is 38.0 Å². The predicted octanol–water partition coefficient (Wildman–Crippen LogP) is 2.24. The quantitative estimate of drug-likeness (QED) is 0.593. The Labute approximate surface area is 181 Å². The number of amides is 2. The lowest BCUT2D eigenvalue weighted by Gasteiger charge is -2.18. The zero-order chi connectivity index (χ0) is 20.6. The Morgan fingerprint density at radius 3 is 1.50 bits per heavy atom. The van der Waals surface area contributed by atoms with Crippen molar-refractivity contribution in [3.8, 4) is 0 Å². The summed E-state index contributed by atoms with van der Waals surface area (Å²) < 4.78 is 25.9. The third-order valence-corrected chi connectivity index (χ3v) is 5.14. The number of nitrogens with one attached hydrogen (secondary N) is 3. The lowest BCUT2D eigenvalue weighted by Crippen LogP contribution is -2.42. The summed E-state index contributed by atoms with van der Waals surface area (Å²) in [7, 11) is 0. The van der Waals surface area contributed by atoms with Crippen molar-refractivity contribution in [1.82, 2.24) is 16.0 Å². The summed E-state index contributed by atoms with van der Waals surface area (Å²) in [5, 5.41) is 8.85. The van der Waals surface area contributed by atoms with Crippen molar-refractivity contribution >= 4 is 24.2 Å². The van der Waals surface area contributed by atoms with E-state index in [1.54, 1.807) is 24.3 Å². The highest BCUT2D eigenvalue weighted by molar-refractivity contribution is 5.88. The van der Waals surface area contributed by atoms with Crippen LogP contribution >= 0.6 is 12.4 Å². The molecule has 2 aromatic rings. The van der Waals surface area contributed by atoms with E-state index in [-0.39, 0.29) is 35.9 Å².